The summed E-state index contributed by atoms with van der Waals surface area (Å²) in [7, 11) is 0. The van der Waals surface area contributed by atoms with Gasteiger partial charge in [0, 0.05) is 6.54 Å². The van der Waals surface area contributed by atoms with Gasteiger partial charge in [-0.25, -0.2) is 0 Å². The van der Waals surface area contributed by atoms with Crippen LogP contribution in [0.3, 0.4) is 0 Å². The number of aromatic nitrogens is 1. The average Bonchev–Trinajstić information content (AvgIpc) is 2.39. The number of rotatable bonds is 4. The van der Waals surface area contributed by atoms with E-state index < -0.39 is 0 Å². The second-order valence-electron chi connectivity index (χ2n) is 4.17. The summed E-state index contributed by atoms with van der Waals surface area (Å²) in [5, 5.41) is 4.31. The van der Waals surface area contributed by atoms with Gasteiger partial charge >= 0.3 is 0 Å². The SMILES string of the molecule is CCNc1nc(Oc2cc(C)ccc2Cl)c(Cl)cc1Cl. The molecular weight excluding hydrogens is 319 g/mol. The van der Waals surface area contributed by atoms with Crippen molar-refractivity contribution in [2.45, 2.75) is 13.8 Å². The van der Waals surface area contributed by atoms with Crippen molar-refractivity contribution in [2.75, 3.05) is 11.9 Å². The lowest BCUT2D eigenvalue weighted by molar-refractivity contribution is 0.464. The van der Waals surface area contributed by atoms with Gasteiger partial charge in [0.05, 0.1) is 10.0 Å². The number of hydrogen-bond donors (Lipinski definition) is 1. The molecule has 0 aliphatic heterocycles. The fourth-order valence-corrected chi connectivity index (χ4v) is 2.23. The Morgan fingerprint density at radius 2 is 1.85 bits per heavy atom. The number of pyridine rings is 1. The Balaban J connectivity index is 2.37. The molecular formula is C14H13Cl3N2O. The monoisotopic (exact) mass is 330 g/mol. The molecule has 20 heavy (non-hydrogen) atoms. The minimum atomic E-state index is 0.263. The lowest BCUT2D eigenvalue weighted by Gasteiger charge is -2.12. The van der Waals surface area contributed by atoms with Crippen LogP contribution in [-0.2, 0) is 0 Å². The van der Waals surface area contributed by atoms with Gasteiger partial charge in [0.2, 0.25) is 5.88 Å². The Kier molecular flexibility index (Phi) is 4.97. The predicted molar refractivity (Wildman–Crippen MR) is 84.7 cm³/mol. The fourth-order valence-electron chi connectivity index (χ4n) is 1.61. The van der Waals surface area contributed by atoms with E-state index >= 15 is 0 Å². The number of nitrogens with zero attached hydrogens (tertiary/aromatic N) is 1. The molecule has 0 bridgehead atoms. The standard InChI is InChI=1S/C14H13Cl3N2O/c1-3-18-13-10(16)7-11(17)14(19-13)20-12-6-8(2)4-5-9(12)15/h4-7H,3H2,1-2H3,(H,18,19). The number of aryl methyl sites for hydroxylation is 1. The van der Waals surface area contributed by atoms with E-state index in [9.17, 15) is 0 Å². The van der Waals surface area contributed by atoms with Crippen LogP contribution in [0.25, 0.3) is 0 Å². The average molecular weight is 332 g/mol. The van der Waals surface area contributed by atoms with E-state index in [1.165, 1.54) is 0 Å². The topological polar surface area (TPSA) is 34.2 Å². The van der Waals surface area contributed by atoms with Gasteiger partial charge in [0.15, 0.2) is 0 Å². The Morgan fingerprint density at radius 1 is 1.10 bits per heavy atom. The van der Waals surface area contributed by atoms with E-state index in [-0.39, 0.29) is 5.88 Å². The lowest BCUT2D eigenvalue weighted by atomic mass is 10.2. The molecule has 0 atom stereocenters. The van der Waals surface area contributed by atoms with Gasteiger partial charge in [-0.15, -0.1) is 0 Å². The van der Waals surface area contributed by atoms with Crippen molar-refractivity contribution < 1.29 is 4.74 Å². The van der Waals surface area contributed by atoms with Crippen molar-refractivity contribution in [3.8, 4) is 11.6 Å². The summed E-state index contributed by atoms with van der Waals surface area (Å²) >= 11 is 18.2. The first-order chi connectivity index (χ1) is 9.51. The molecule has 1 heterocycles. The minimum Gasteiger partial charge on any atom is -0.436 e. The molecule has 1 aromatic carbocycles. The third-order valence-electron chi connectivity index (χ3n) is 2.53. The first kappa shape index (κ1) is 15.2. The number of halogens is 3. The number of hydrogen-bond acceptors (Lipinski definition) is 3. The maximum Gasteiger partial charge on any atom is 0.240 e. The molecule has 0 amide bonds. The number of ether oxygens (including phenoxy) is 1. The molecule has 0 radical (unpaired) electrons. The van der Waals surface area contributed by atoms with Crippen LogP contribution < -0.4 is 10.1 Å². The van der Waals surface area contributed by atoms with Crippen molar-refractivity contribution in [1.82, 2.24) is 4.98 Å². The highest BCUT2D eigenvalue weighted by molar-refractivity contribution is 6.36. The van der Waals surface area contributed by atoms with Crippen LogP contribution >= 0.6 is 34.8 Å². The van der Waals surface area contributed by atoms with Gasteiger partial charge in [-0.3, -0.25) is 0 Å². The first-order valence-electron chi connectivity index (χ1n) is 6.05. The fraction of sp³-hybridized carbons (Fsp3) is 0.214. The van der Waals surface area contributed by atoms with Gasteiger partial charge in [-0.2, -0.15) is 4.98 Å². The lowest BCUT2D eigenvalue weighted by Crippen LogP contribution is -2.01. The zero-order valence-corrected chi connectivity index (χ0v) is 13.3. The molecule has 0 aliphatic rings. The molecule has 0 spiro atoms. The summed E-state index contributed by atoms with van der Waals surface area (Å²) in [6.07, 6.45) is 0. The molecule has 1 N–H and O–H groups in total. The number of nitrogens with one attached hydrogen (secondary N) is 1. The van der Waals surface area contributed by atoms with E-state index in [1.807, 2.05) is 26.0 Å². The Morgan fingerprint density at radius 3 is 2.55 bits per heavy atom. The van der Waals surface area contributed by atoms with Crippen LogP contribution in [0.4, 0.5) is 5.82 Å². The predicted octanol–water partition coefficient (Wildman–Crippen LogP) is 5.57. The Labute approximate surface area is 132 Å². The third-order valence-corrected chi connectivity index (χ3v) is 3.41. The molecule has 0 saturated carbocycles. The smallest absolute Gasteiger partial charge is 0.240 e. The van der Waals surface area contributed by atoms with Crippen molar-refractivity contribution >= 4 is 40.6 Å². The molecule has 0 fully saturated rings. The van der Waals surface area contributed by atoms with Crippen molar-refractivity contribution in [3.63, 3.8) is 0 Å². The van der Waals surface area contributed by atoms with Gasteiger partial charge in [-0.05, 0) is 37.6 Å². The first-order valence-corrected chi connectivity index (χ1v) is 7.18. The Bertz CT molecular complexity index is 632. The summed E-state index contributed by atoms with van der Waals surface area (Å²) < 4.78 is 5.69. The van der Waals surface area contributed by atoms with Gasteiger partial charge in [0.1, 0.15) is 16.6 Å². The zero-order chi connectivity index (χ0) is 14.7. The zero-order valence-electron chi connectivity index (χ0n) is 11.0. The van der Waals surface area contributed by atoms with Crippen molar-refractivity contribution in [3.05, 3.63) is 44.9 Å². The summed E-state index contributed by atoms with van der Waals surface area (Å²) in [4.78, 5) is 4.27. The number of anilines is 1. The molecule has 1 aromatic heterocycles. The highest BCUT2D eigenvalue weighted by atomic mass is 35.5. The van der Waals surface area contributed by atoms with E-state index in [1.54, 1.807) is 12.1 Å². The van der Waals surface area contributed by atoms with Crippen LogP contribution in [0.1, 0.15) is 12.5 Å². The van der Waals surface area contributed by atoms with Crippen LogP contribution in [0, 0.1) is 6.92 Å². The molecule has 0 aliphatic carbocycles. The van der Waals surface area contributed by atoms with Crippen LogP contribution in [0.15, 0.2) is 24.3 Å². The van der Waals surface area contributed by atoms with Gasteiger partial charge in [-0.1, -0.05) is 40.9 Å². The molecule has 6 heteroatoms. The molecule has 0 unspecified atom stereocenters. The van der Waals surface area contributed by atoms with Crippen molar-refractivity contribution in [1.29, 1.82) is 0 Å². The molecule has 3 nitrogen and oxygen atoms in total. The summed E-state index contributed by atoms with van der Waals surface area (Å²) in [5.41, 5.74) is 1.03. The summed E-state index contributed by atoms with van der Waals surface area (Å²) in [6, 6.07) is 7.08. The van der Waals surface area contributed by atoms with E-state index in [4.69, 9.17) is 39.5 Å². The van der Waals surface area contributed by atoms with Crippen LogP contribution in [0.2, 0.25) is 15.1 Å². The summed E-state index contributed by atoms with van der Waals surface area (Å²) in [5.74, 6) is 1.29. The second kappa shape index (κ2) is 6.53. The largest absolute Gasteiger partial charge is 0.436 e. The molecule has 2 rings (SSSR count). The van der Waals surface area contributed by atoms with E-state index in [0.29, 0.717) is 33.2 Å². The maximum absolute atomic E-state index is 6.10. The van der Waals surface area contributed by atoms with Gasteiger partial charge in [0.25, 0.3) is 0 Å². The highest BCUT2D eigenvalue weighted by Crippen LogP contribution is 2.36. The van der Waals surface area contributed by atoms with E-state index in [2.05, 4.69) is 10.3 Å². The highest BCUT2D eigenvalue weighted by Gasteiger charge is 2.12. The number of benzene rings is 1. The summed E-state index contributed by atoms with van der Waals surface area (Å²) in [6.45, 7) is 4.59. The third kappa shape index (κ3) is 3.48. The normalized spacial score (nSPS) is 10.4. The van der Waals surface area contributed by atoms with Crippen LogP contribution in [-0.4, -0.2) is 11.5 Å². The molecule has 0 saturated heterocycles. The Hall–Kier alpha value is -1.16. The molecule has 106 valence electrons. The maximum atomic E-state index is 6.10. The second-order valence-corrected chi connectivity index (χ2v) is 5.39. The van der Waals surface area contributed by atoms with Gasteiger partial charge < -0.3 is 10.1 Å². The van der Waals surface area contributed by atoms with Crippen LogP contribution in [0.5, 0.6) is 11.6 Å². The minimum absolute atomic E-state index is 0.263. The quantitative estimate of drug-likeness (QED) is 0.794. The van der Waals surface area contributed by atoms with Crippen molar-refractivity contribution in [2.24, 2.45) is 0 Å². The van der Waals surface area contributed by atoms with E-state index in [0.717, 1.165) is 5.56 Å². The molecule has 2 aromatic rings.